The normalized spacial score (nSPS) is 13.4. The van der Waals surface area contributed by atoms with Gasteiger partial charge in [-0.25, -0.2) is 28.8 Å². The molecule has 0 aliphatic rings. The number of carboxylic acids is 2. The van der Waals surface area contributed by atoms with E-state index >= 15 is 0 Å². The fourth-order valence-corrected chi connectivity index (χ4v) is 5.03. The summed E-state index contributed by atoms with van der Waals surface area (Å²) in [5.41, 5.74) is 0.262. The van der Waals surface area contributed by atoms with E-state index in [0.717, 1.165) is 72.8 Å². The van der Waals surface area contributed by atoms with Gasteiger partial charge in [-0.15, -0.1) is 0 Å². The zero-order valence-electron chi connectivity index (χ0n) is 31.4. The van der Waals surface area contributed by atoms with Crippen LogP contribution in [0.15, 0.2) is 97.1 Å². The molecule has 0 saturated carbocycles. The molecule has 0 unspecified atom stereocenters. The zero-order chi connectivity index (χ0) is 45.7. The first kappa shape index (κ1) is 45.8. The monoisotopic (exact) mass is 858 g/mol. The Balaban J connectivity index is 1.80. The van der Waals surface area contributed by atoms with Crippen molar-refractivity contribution in [2.75, 3.05) is 0 Å². The molecule has 0 radical (unpaired) electrons. The predicted octanol–water partition coefficient (Wildman–Crippen LogP) is 3.30. The average Bonchev–Trinajstić information content (AvgIpc) is 3.22. The molecule has 0 bridgehead atoms. The van der Waals surface area contributed by atoms with Crippen molar-refractivity contribution < 1.29 is 98.8 Å². The lowest BCUT2D eigenvalue weighted by molar-refractivity contribution is -0.203. The van der Waals surface area contributed by atoms with Gasteiger partial charge in [-0.05, 0) is 95.1 Å². The second kappa shape index (κ2) is 20.7. The number of hydrogen-bond donors (Lipinski definition) is 10. The summed E-state index contributed by atoms with van der Waals surface area (Å²) in [6.07, 6.45) is -4.60. The number of ether oxygens (including phenoxy) is 4. The summed E-state index contributed by atoms with van der Waals surface area (Å²) in [5, 5.41) is 98.3. The van der Waals surface area contributed by atoms with Crippen molar-refractivity contribution in [3.05, 3.63) is 119 Å². The van der Waals surface area contributed by atoms with Gasteiger partial charge >= 0.3 is 35.8 Å². The van der Waals surface area contributed by atoms with Gasteiger partial charge in [0.2, 0.25) is 12.2 Å². The van der Waals surface area contributed by atoms with E-state index in [1.807, 2.05) is 0 Å². The molecule has 0 heterocycles. The molecule has 0 aliphatic carbocycles. The van der Waals surface area contributed by atoms with Crippen molar-refractivity contribution in [2.45, 2.75) is 24.4 Å². The first-order valence-corrected chi connectivity index (χ1v) is 17.4. The molecule has 20 heteroatoms. The standard InChI is InChI=1S/C42H34O20/c43-25-9-1-21(17-29(25)47)5-13-33(51)59-37(39(41(55)56)61-35(53)15-7-23-3-11-27(45)31(49)19-23)38(60-34(52)14-6-22-2-10-26(44)30(48)18-22)40(42(57)58)62-36(54)16-8-24-4-12-28(46)32(50)20-24/h1-20,37-40,43-50H,(H,55,56)(H,57,58)/b13-5+,14-6+,15-7+,16-8+/t37-,38-,39-,40+/m0/s1. The van der Waals surface area contributed by atoms with Crippen LogP contribution in [0.5, 0.6) is 46.0 Å². The van der Waals surface area contributed by atoms with Crippen molar-refractivity contribution >= 4 is 60.1 Å². The maximum atomic E-state index is 13.3. The van der Waals surface area contributed by atoms with Gasteiger partial charge in [-0.3, -0.25) is 0 Å². The highest BCUT2D eigenvalue weighted by molar-refractivity contribution is 5.92. The Kier molecular flexibility index (Phi) is 15.2. The smallest absolute Gasteiger partial charge is 0.349 e. The molecule has 20 nitrogen and oxygen atoms in total. The lowest BCUT2D eigenvalue weighted by Crippen LogP contribution is -2.56. The fraction of sp³-hybridized carbons (Fsp3) is 0.0952. The summed E-state index contributed by atoms with van der Waals surface area (Å²) < 4.78 is 20.7. The number of carbonyl (C=O) groups is 6. The van der Waals surface area contributed by atoms with E-state index in [1.165, 1.54) is 24.3 Å². The third-order valence-electron chi connectivity index (χ3n) is 8.04. The highest BCUT2D eigenvalue weighted by Crippen LogP contribution is 2.29. The number of benzene rings is 4. The van der Waals surface area contributed by atoms with E-state index in [4.69, 9.17) is 18.9 Å². The van der Waals surface area contributed by atoms with Crippen LogP contribution >= 0.6 is 0 Å². The van der Waals surface area contributed by atoms with Crippen LogP contribution in [-0.2, 0) is 47.7 Å². The number of phenolic OH excluding ortho intramolecular Hbond substituents is 8. The first-order chi connectivity index (χ1) is 29.3. The molecule has 0 amide bonds. The first-order valence-electron chi connectivity index (χ1n) is 17.4. The van der Waals surface area contributed by atoms with Gasteiger partial charge in [-0.2, -0.15) is 0 Å². The third kappa shape index (κ3) is 13.0. The molecule has 62 heavy (non-hydrogen) atoms. The number of esters is 4. The molecule has 0 saturated heterocycles. The van der Waals surface area contributed by atoms with Crippen LogP contribution < -0.4 is 0 Å². The van der Waals surface area contributed by atoms with Crippen LogP contribution in [0.1, 0.15) is 22.3 Å². The number of rotatable bonds is 17. The largest absolute Gasteiger partial charge is 0.504 e. The quantitative estimate of drug-likeness (QED) is 0.0315. The SMILES string of the molecule is O=C(/C=C/c1ccc(O)c(O)c1)O[C@@H]([C@H](OC(=O)/C=C/c1ccc(O)c(O)c1)[C@@H](OC(=O)/C=C/c1ccc(O)c(O)c1)C(=O)O)[C@H](OC(=O)/C=C/c1ccc(O)c(O)c1)C(=O)O. The minimum Gasteiger partial charge on any atom is -0.504 e. The lowest BCUT2D eigenvalue weighted by Gasteiger charge is -2.32. The lowest BCUT2D eigenvalue weighted by atomic mass is 10.0. The van der Waals surface area contributed by atoms with E-state index in [9.17, 15) is 79.8 Å². The van der Waals surface area contributed by atoms with E-state index in [0.29, 0.717) is 24.3 Å². The minimum absolute atomic E-state index is 0.0554. The van der Waals surface area contributed by atoms with Crippen LogP contribution in [0, 0.1) is 0 Å². The van der Waals surface area contributed by atoms with Gasteiger partial charge in [0, 0.05) is 24.3 Å². The van der Waals surface area contributed by atoms with Crippen molar-refractivity contribution in [3.63, 3.8) is 0 Å². The Bertz CT molecular complexity index is 2310. The van der Waals surface area contributed by atoms with Crippen LogP contribution in [0.25, 0.3) is 24.3 Å². The summed E-state index contributed by atoms with van der Waals surface area (Å²) in [5.74, 6) is -14.9. The van der Waals surface area contributed by atoms with Crippen molar-refractivity contribution in [1.29, 1.82) is 0 Å². The Morgan fingerprint density at radius 2 is 0.581 bits per heavy atom. The average molecular weight is 859 g/mol. The van der Waals surface area contributed by atoms with Gasteiger partial charge in [-0.1, -0.05) is 24.3 Å². The molecular formula is C42H34O20. The molecule has 4 aromatic rings. The maximum Gasteiger partial charge on any atom is 0.349 e. The molecule has 0 aromatic heterocycles. The highest BCUT2D eigenvalue weighted by Gasteiger charge is 2.49. The van der Waals surface area contributed by atoms with Crippen molar-refractivity contribution in [1.82, 2.24) is 0 Å². The van der Waals surface area contributed by atoms with Gasteiger partial charge in [0.1, 0.15) is 0 Å². The van der Waals surface area contributed by atoms with Crippen molar-refractivity contribution in [2.24, 2.45) is 0 Å². The number of carbonyl (C=O) groups excluding carboxylic acids is 4. The number of hydrogen-bond acceptors (Lipinski definition) is 18. The zero-order valence-corrected chi connectivity index (χ0v) is 31.4. The Morgan fingerprint density at radius 1 is 0.355 bits per heavy atom. The molecule has 4 rings (SSSR count). The van der Waals surface area contributed by atoms with E-state index in [2.05, 4.69) is 0 Å². The number of phenols is 8. The Hall–Kier alpha value is -8.94. The van der Waals surface area contributed by atoms with E-state index in [1.54, 1.807) is 0 Å². The van der Waals surface area contributed by atoms with Crippen LogP contribution in [0.2, 0.25) is 0 Å². The fourth-order valence-electron chi connectivity index (χ4n) is 5.03. The van der Waals surface area contributed by atoms with Gasteiger partial charge in [0.05, 0.1) is 0 Å². The third-order valence-corrected chi connectivity index (χ3v) is 8.04. The molecule has 4 atom stereocenters. The molecule has 4 aromatic carbocycles. The van der Waals surface area contributed by atoms with E-state index < -0.39 is 106 Å². The van der Waals surface area contributed by atoms with E-state index in [-0.39, 0.29) is 22.3 Å². The summed E-state index contributed by atoms with van der Waals surface area (Å²) >= 11 is 0. The Morgan fingerprint density at radius 3 is 0.790 bits per heavy atom. The van der Waals surface area contributed by atoms with Gasteiger partial charge in [0.15, 0.2) is 58.2 Å². The predicted molar refractivity (Wildman–Crippen MR) is 210 cm³/mol. The summed E-state index contributed by atoms with van der Waals surface area (Å²) in [7, 11) is 0. The van der Waals surface area contributed by atoms with Gasteiger partial charge < -0.3 is 70.0 Å². The number of aliphatic carboxylic acids is 2. The van der Waals surface area contributed by atoms with Crippen LogP contribution in [0.4, 0.5) is 0 Å². The molecule has 10 N–H and O–H groups in total. The summed E-state index contributed by atoms with van der Waals surface area (Å²) in [6, 6.07) is 13.1. The van der Waals surface area contributed by atoms with Crippen LogP contribution in [0.3, 0.4) is 0 Å². The highest BCUT2D eigenvalue weighted by atomic mass is 16.6. The number of aromatic hydroxyl groups is 8. The molecule has 0 spiro atoms. The minimum atomic E-state index is -2.79. The van der Waals surface area contributed by atoms with Gasteiger partial charge in [0.25, 0.3) is 0 Å². The summed E-state index contributed by atoms with van der Waals surface area (Å²) in [4.78, 5) is 78.4. The molecular weight excluding hydrogens is 824 g/mol. The topological polar surface area (TPSA) is 342 Å². The number of carboxylic acid groups (broad SMARTS) is 2. The summed E-state index contributed by atoms with van der Waals surface area (Å²) in [6.45, 7) is 0. The second-order valence-electron chi connectivity index (χ2n) is 12.5. The van der Waals surface area contributed by atoms with Crippen LogP contribution in [-0.4, -0.2) is 111 Å². The molecule has 322 valence electrons. The maximum absolute atomic E-state index is 13.3. The molecule has 0 fully saturated rings. The Labute approximate surface area is 348 Å². The molecule has 0 aliphatic heterocycles. The van der Waals surface area contributed by atoms with Crippen molar-refractivity contribution in [3.8, 4) is 46.0 Å². The second-order valence-corrected chi connectivity index (χ2v) is 12.5.